The van der Waals surface area contributed by atoms with Crippen molar-refractivity contribution in [3.05, 3.63) is 58.6 Å². The highest BCUT2D eigenvalue weighted by atomic mass is 35.5. The van der Waals surface area contributed by atoms with Crippen LogP contribution in [-0.4, -0.2) is 36.3 Å². The molecule has 2 aliphatic heterocycles. The van der Waals surface area contributed by atoms with Crippen molar-refractivity contribution >= 4 is 34.6 Å². The summed E-state index contributed by atoms with van der Waals surface area (Å²) in [5, 5.41) is 0.662. The van der Waals surface area contributed by atoms with Gasteiger partial charge in [0, 0.05) is 23.7 Å². The van der Waals surface area contributed by atoms with Crippen molar-refractivity contribution in [2.75, 3.05) is 24.7 Å². The van der Waals surface area contributed by atoms with Crippen LogP contribution in [0, 0.1) is 12.8 Å². The lowest BCUT2D eigenvalue weighted by atomic mass is 10.00. The molecule has 5 heteroatoms. The Morgan fingerprint density at radius 3 is 2.63 bits per heavy atom. The van der Waals surface area contributed by atoms with Gasteiger partial charge in [0.15, 0.2) is 0 Å². The van der Waals surface area contributed by atoms with Crippen LogP contribution in [-0.2, 0) is 4.79 Å². The van der Waals surface area contributed by atoms with Crippen molar-refractivity contribution in [3.63, 3.8) is 0 Å². The standard InChI is InChI=1S/C22H24ClN3O/c1-15-9-11-25(12-10-15)14-26-20-6-4-3-5-18(20)21(22(26)27)24-17-8-7-16(2)19(23)13-17/h3-8,13,15H,9-12,14H2,1-2H3. The minimum atomic E-state index is -0.0356. The van der Waals surface area contributed by atoms with E-state index in [1.807, 2.05) is 54.3 Å². The molecule has 2 aliphatic rings. The van der Waals surface area contributed by atoms with E-state index in [9.17, 15) is 4.79 Å². The molecule has 2 aromatic carbocycles. The summed E-state index contributed by atoms with van der Waals surface area (Å²) in [7, 11) is 0. The molecular weight excluding hydrogens is 358 g/mol. The first-order chi connectivity index (χ1) is 13.0. The number of hydrogen-bond donors (Lipinski definition) is 0. The first-order valence-corrected chi connectivity index (χ1v) is 9.89. The Morgan fingerprint density at radius 1 is 1.15 bits per heavy atom. The highest BCUT2D eigenvalue weighted by Crippen LogP contribution is 2.32. The van der Waals surface area contributed by atoms with Gasteiger partial charge < -0.3 is 0 Å². The van der Waals surface area contributed by atoms with Crippen LogP contribution in [0.2, 0.25) is 5.02 Å². The van der Waals surface area contributed by atoms with E-state index in [1.165, 1.54) is 12.8 Å². The zero-order chi connectivity index (χ0) is 19.0. The third-order valence-corrected chi connectivity index (χ3v) is 5.92. The SMILES string of the molecule is Cc1ccc(N=C2C(=O)N(CN3CCC(C)CC3)c3ccccc32)cc1Cl. The fourth-order valence-electron chi connectivity index (χ4n) is 3.69. The van der Waals surface area contributed by atoms with Crippen LogP contribution in [0.1, 0.15) is 30.9 Å². The van der Waals surface area contributed by atoms with E-state index in [1.54, 1.807) is 0 Å². The van der Waals surface area contributed by atoms with Gasteiger partial charge in [-0.2, -0.15) is 0 Å². The van der Waals surface area contributed by atoms with Gasteiger partial charge in [-0.3, -0.25) is 14.6 Å². The third kappa shape index (κ3) is 3.64. The summed E-state index contributed by atoms with van der Waals surface area (Å²) in [4.78, 5) is 22.1. The second-order valence-electron chi connectivity index (χ2n) is 7.59. The molecule has 0 unspecified atom stereocenters. The van der Waals surface area contributed by atoms with E-state index in [4.69, 9.17) is 11.6 Å². The molecule has 0 aliphatic carbocycles. The molecule has 140 valence electrons. The number of amides is 1. The topological polar surface area (TPSA) is 35.9 Å². The molecule has 0 atom stereocenters. The number of halogens is 1. The molecule has 27 heavy (non-hydrogen) atoms. The lowest BCUT2D eigenvalue weighted by molar-refractivity contribution is -0.112. The number of aliphatic imine (C=N–C) groups is 1. The van der Waals surface area contributed by atoms with Gasteiger partial charge in [0.2, 0.25) is 0 Å². The number of para-hydroxylation sites is 1. The summed E-state index contributed by atoms with van der Waals surface area (Å²) in [6.45, 7) is 6.94. The molecule has 4 nitrogen and oxygen atoms in total. The summed E-state index contributed by atoms with van der Waals surface area (Å²) in [5.41, 5.74) is 4.04. The summed E-state index contributed by atoms with van der Waals surface area (Å²) in [5.74, 6) is 0.734. The highest BCUT2D eigenvalue weighted by molar-refractivity contribution is 6.54. The van der Waals surface area contributed by atoms with Crippen LogP contribution < -0.4 is 4.90 Å². The Kier molecular flexibility index (Phi) is 5.02. The summed E-state index contributed by atoms with van der Waals surface area (Å²) in [6.07, 6.45) is 2.37. The van der Waals surface area contributed by atoms with E-state index in [0.29, 0.717) is 23.1 Å². The maximum Gasteiger partial charge on any atom is 0.278 e. The lowest BCUT2D eigenvalue weighted by Crippen LogP contribution is -2.44. The predicted octanol–water partition coefficient (Wildman–Crippen LogP) is 4.81. The quantitative estimate of drug-likeness (QED) is 0.765. The number of fused-ring (bicyclic) bond motifs is 1. The molecule has 2 aromatic rings. The van der Waals surface area contributed by atoms with E-state index < -0.39 is 0 Å². The smallest absolute Gasteiger partial charge is 0.278 e. The first-order valence-electron chi connectivity index (χ1n) is 9.51. The first kappa shape index (κ1) is 18.2. The average molecular weight is 382 g/mol. The van der Waals surface area contributed by atoms with E-state index in [2.05, 4.69) is 16.8 Å². The Hall–Kier alpha value is -2.17. The number of benzene rings is 2. The molecule has 0 radical (unpaired) electrons. The van der Waals surface area contributed by atoms with Gasteiger partial charge in [0.05, 0.1) is 18.0 Å². The van der Waals surface area contributed by atoms with E-state index in [-0.39, 0.29) is 5.91 Å². The van der Waals surface area contributed by atoms with Crippen LogP contribution >= 0.6 is 11.6 Å². The fourth-order valence-corrected chi connectivity index (χ4v) is 3.87. The molecule has 4 rings (SSSR count). The Morgan fingerprint density at radius 2 is 1.89 bits per heavy atom. The van der Waals surface area contributed by atoms with Gasteiger partial charge in [0.1, 0.15) is 5.71 Å². The van der Waals surface area contributed by atoms with Crippen molar-refractivity contribution in [2.45, 2.75) is 26.7 Å². The predicted molar refractivity (Wildman–Crippen MR) is 111 cm³/mol. The summed E-state index contributed by atoms with van der Waals surface area (Å²) >= 11 is 6.23. The molecule has 0 aromatic heterocycles. The van der Waals surface area contributed by atoms with Crippen LogP contribution in [0.25, 0.3) is 0 Å². The van der Waals surface area contributed by atoms with Crippen LogP contribution in [0.15, 0.2) is 47.5 Å². The molecule has 0 spiro atoms. The van der Waals surface area contributed by atoms with Crippen molar-refractivity contribution in [3.8, 4) is 0 Å². The van der Waals surface area contributed by atoms with Gasteiger partial charge in [0.25, 0.3) is 5.91 Å². The molecule has 1 fully saturated rings. The number of likely N-dealkylation sites (tertiary alicyclic amines) is 1. The third-order valence-electron chi connectivity index (χ3n) is 5.51. The van der Waals surface area contributed by atoms with Gasteiger partial charge in [-0.05, 0) is 49.4 Å². The monoisotopic (exact) mass is 381 g/mol. The Balaban J connectivity index is 1.65. The van der Waals surface area contributed by atoms with Gasteiger partial charge in [-0.15, -0.1) is 0 Å². The van der Waals surface area contributed by atoms with Crippen LogP contribution in [0.4, 0.5) is 11.4 Å². The average Bonchev–Trinajstić information content (AvgIpc) is 2.92. The largest absolute Gasteiger partial charge is 0.293 e. The zero-order valence-electron chi connectivity index (χ0n) is 15.8. The Bertz CT molecular complexity index is 900. The number of rotatable bonds is 3. The zero-order valence-corrected chi connectivity index (χ0v) is 16.5. The number of aryl methyl sites for hydroxylation is 1. The van der Waals surface area contributed by atoms with Gasteiger partial charge >= 0.3 is 0 Å². The molecule has 0 N–H and O–H groups in total. The molecule has 0 saturated carbocycles. The molecule has 1 saturated heterocycles. The van der Waals surface area contributed by atoms with E-state index >= 15 is 0 Å². The number of piperidine rings is 1. The minimum absolute atomic E-state index is 0.0356. The number of carbonyl (C=O) groups is 1. The molecular formula is C22H24ClN3O. The maximum atomic E-state index is 13.2. The van der Waals surface area contributed by atoms with Crippen molar-refractivity contribution in [1.82, 2.24) is 4.90 Å². The summed E-state index contributed by atoms with van der Waals surface area (Å²) in [6, 6.07) is 13.6. The number of hydrogen-bond acceptors (Lipinski definition) is 3. The van der Waals surface area contributed by atoms with Crippen molar-refractivity contribution in [1.29, 1.82) is 0 Å². The summed E-state index contributed by atoms with van der Waals surface area (Å²) < 4.78 is 0. The van der Waals surface area contributed by atoms with Gasteiger partial charge in [-0.1, -0.05) is 42.8 Å². The number of anilines is 1. The number of nitrogens with zero attached hydrogens (tertiary/aromatic N) is 3. The molecule has 1 amide bonds. The van der Waals surface area contributed by atoms with Crippen molar-refractivity contribution in [2.24, 2.45) is 10.9 Å². The minimum Gasteiger partial charge on any atom is -0.293 e. The number of carbonyl (C=O) groups excluding carboxylic acids is 1. The van der Waals surface area contributed by atoms with Crippen LogP contribution in [0.5, 0.6) is 0 Å². The van der Waals surface area contributed by atoms with E-state index in [0.717, 1.165) is 35.8 Å². The second kappa shape index (κ2) is 7.45. The second-order valence-corrected chi connectivity index (χ2v) is 7.99. The fraction of sp³-hybridized carbons (Fsp3) is 0.364. The van der Waals surface area contributed by atoms with Gasteiger partial charge in [-0.25, -0.2) is 4.99 Å². The van der Waals surface area contributed by atoms with Crippen molar-refractivity contribution < 1.29 is 4.79 Å². The molecule has 2 heterocycles. The Labute approximate surface area is 165 Å². The van der Waals surface area contributed by atoms with Crippen LogP contribution in [0.3, 0.4) is 0 Å². The molecule has 0 bridgehead atoms. The maximum absolute atomic E-state index is 13.2. The highest BCUT2D eigenvalue weighted by Gasteiger charge is 2.35. The lowest BCUT2D eigenvalue weighted by Gasteiger charge is -2.33. The normalized spacial score (nSPS) is 19.7.